The molecule has 16 bridgehead atoms. The highest BCUT2D eigenvalue weighted by molar-refractivity contribution is 6.01. The molecule has 4 nitrogen and oxygen atoms in total. The van der Waals surface area contributed by atoms with E-state index in [1.54, 1.807) is 0 Å². The summed E-state index contributed by atoms with van der Waals surface area (Å²) in [4.78, 5) is 17.1. The van der Waals surface area contributed by atoms with Gasteiger partial charge in [-0.1, -0.05) is 48.6 Å². The Bertz CT molecular complexity index is 2420. The number of allylic oxidation sites excluding steroid dienone is 12. The van der Waals surface area contributed by atoms with Crippen LogP contribution in [0.1, 0.15) is 120 Å². The van der Waals surface area contributed by atoms with Gasteiger partial charge in [0, 0.05) is 58.4 Å². The summed E-state index contributed by atoms with van der Waals surface area (Å²) in [7, 11) is 0. The Kier molecular flexibility index (Phi) is 5.17. The van der Waals surface area contributed by atoms with Crippen LogP contribution in [0, 0.1) is 41.1 Å². The molecule has 5 heterocycles. The number of rotatable bonds is 0. The van der Waals surface area contributed by atoms with Gasteiger partial charge in [-0.05, 0) is 102 Å². The summed E-state index contributed by atoms with van der Waals surface area (Å²) < 4.78 is 52.9. The number of nitrogens with zero attached hydrogens (tertiary/aromatic N) is 2. The standard InChI is InChI=1S/C44H35F3N4/c45-36-39-30-20-5-1-18(2-6-20)28(30)26(48-39)17-27-29-19-3-7-21(8-4-19)31(29)40(49-27)37(46)42-33-23-11-15-25(16-12-23)35(33)44(51-42)38(47)43-34-24-13-9-22(10-14-24)32(34)41(36)50-43/h1,3,5,7,9,11,13,15,17-25,48-49H,2,4,6,8,10,12,14,16H2. The fraction of sp³-hybridized carbons (Fsp3) is 0.364. The molecule has 0 aromatic carbocycles. The van der Waals surface area contributed by atoms with Gasteiger partial charge in [0.05, 0.1) is 11.0 Å². The summed E-state index contributed by atoms with van der Waals surface area (Å²) in [5.74, 6) is -0.946. The van der Waals surface area contributed by atoms with Crippen molar-refractivity contribution >= 4 is 44.4 Å². The molecule has 0 saturated heterocycles. The van der Waals surface area contributed by atoms with Gasteiger partial charge in [0.1, 0.15) is 22.8 Å². The number of nitrogens with one attached hydrogen (secondary N) is 2. The minimum atomic E-state index is -0.546. The van der Waals surface area contributed by atoms with Gasteiger partial charge in [0.15, 0.2) is 17.5 Å². The zero-order chi connectivity index (χ0) is 33.4. The largest absolute Gasteiger partial charge is 0.353 e. The Balaban J connectivity index is 1.24. The minimum Gasteiger partial charge on any atom is -0.353 e. The van der Waals surface area contributed by atoms with E-state index < -0.39 is 17.5 Å². The van der Waals surface area contributed by atoms with Gasteiger partial charge >= 0.3 is 0 Å². The van der Waals surface area contributed by atoms with Crippen molar-refractivity contribution in [2.75, 3.05) is 0 Å². The summed E-state index contributed by atoms with van der Waals surface area (Å²) >= 11 is 0. The molecule has 7 heteroatoms. The van der Waals surface area contributed by atoms with Crippen LogP contribution in [0.25, 0.3) is 44.4 Å². The minimum absolute atomic E-state index is 0.0242. The fourth-order valence-electron chi connectivity index (χ4n) is 12.1. The van der Waals surface area contributed by atoms with Crippen molar-refractivity contribution < 1.29 is 13.2 Å². The average Bonchev–Trinajstić information content (AvgIpc) is 3.99. The summed E-state index contributed by atoms with van der Waals surface area (Å²) in [6.45, 7) is 0. The third kappa shape index (κ3) is 3.36. The molecule has 0 fully saturated rings. The monoisotopic (exact) mass is 676 g/mol. The van der Waals surface area contributed by atoms with E-state index in [1.807, 2.05) is 0 Å². The fourth-order valence-corrected chi connectivity index (χ4v) is 12.1. The quantitative estimate of drug-likeness (QED) is 0.233. The van der Waals surface area contributed by atoms with Crippen LogP contribution in [0.15, 0.2) is 54.7 Å². The number of aromatic nitrogens is 4. The number of aromatic amines is 2. The highest BCUT2D eigenvalue weighted by atomic mass is 19.1. The third-order valence-electron chi connectivity index (χ3n) is 14.2. The number of halogens is 3. The molecule has 17 rings (SSSR count). The second-order valence-corrected chi connectivity index (χ2v) is 16.5. The Morgan fingerprint density at radius 2 is 0.686 bits per heavy atom. The average molecular weight is 677 g/mol. The molecular weight excluding hydrogens is 642 g/mol. The van der Waals surface area contributed by atoms with Crippen molar-refractivity contribution in [3.63, 3.8) is 0 Å². The highest BCUT2D eigenvalue weighted by Gasteiger charge is 2.45. The second-order valence-electron chi connectivity index (χ2n) is 16.5. The second kappa shape index (κ2) is 9.41. The molecule has 3 aromatic rings. The Labute approximate surface area is 292 Å². The van der Waals surface area contributed by atoms with E-state index in [9.17, 15) is 0 Å². The van der Waals surface area contributed by atoms with Gasteiger partial charge in [-0.25, -0.2) is 23.1 Å². The van der Waals surface area contributed by atoms with Crippen LogP contribution in [0.3, 0.4) is 0 Å². The molecular formula is C44H35F3N4. The first-order valence-corrected chi connectivity index (χ1v) is 19.1. The van der Waals surface area contributed by atoms with E-state index in [2.05, 4.69) is 64.6 Å². The number of hydrogen-bond donors (Lipinski definition) is 2. The molecule has 0 amide bonds. The van der Waals surface area contributed by atoms with Crippen molar-refractivity contribution in [2.45, 2.75) is 75.0 Å². The molecule has 0 spiro atoms. The zero-order valence-electron chi connectivity index (χ0n) is 28.0. The predicted molar refractivity (Wildman–Crippen MR) is 193 cm³/mol. The van der Waals surface area contributed by atoms with Gasteiger partial charge in [-0.15, -0.1) is 0 Å². The first-order chi connectivity index (χ1) is 25.0. The molecule has 8 unspecified atom stereocenters. The predicted octanol–water partition coefficient (Wildman–Crippen LogP) is 10.8. The van der Waals surface area contributed by atoms with Gasteiger partial charge in [-0.2, -0.15) is 0 Å². The van der Waals surface area contributed by atoms with Crippen molar-refractivity contribution in [3.8, 4) is 0 Å². The van der Waals surface area contributed by atoms with Gasteiger partial charge in [0.25, 0.3) is 0 Å². The van der Waals surface area contributed by atoms with Crippen molar-refractivity contribution in [1.29, 1.82) is 0 Å². The molecule has 14 aliphatic rings. The number of hydrogen-bond acceptors (Lipinski definition) is 2. The molecule has 2 aliphatic heterocycles. The number of H-pyrrole nitrogens is 2. The SMILES string of the molecule is Fc1c2nc(c(F)c3[nH]c(cc4[nH]c(c(F)c5nc1C1=C5C5C=CC1CC5)c1c4C4C=CC1CC4)c1c3C3C=CC1CC3)C1=C2C2C=CC1CC2. The Morgan fingerprint density at radius 3 is 1.02 bits per heavy atom. The molecule has 3 aromatic heterocycles. The molecule has 12 aliphatic carbocycles. The molecule has 0 saturated carbocycles. The summed E-state index contributed by atoms with van der Waals surface area (Å²) in [6, 6.07) is 2.13. The molecule has 51 heavy (non-hydrogen) atoms. The van der Waals surface area contributed by atoms with Crippen LogP contribution in [0.5, 0.6) is 0 Å². The maximum atomic E-state index is 17.7. The lowest BCUT2D eigenvalue weighted by Gasteiger charge is -2.33. The zero-order valence-corrected chi connectivity index (χ0v) is 28.0. The Hall–Kier alpha value is -4.65. The topological polar surface area (TPSA) is 57.4 Å². The van der Waals surface area contributed by atoms with Gasteiger partial charge < -0.3 is 9.97 Å². The van der Waals surface area contributed by atoms with Crippen molar-refractivity contribution in [2.24, 2.45) is 23.7 Å². The summed E-state index contributed by atoms with van der Waals surface area (Å²) in [5.41, 5.74) is 11.0. The molecule has 8 atom stereocenters. The van der Waals surface area contributed by atoms with Crippen molar-refractivity contribution in [1.82, 2.24) is 19.9 Å². The van der Waals surface area contributed by atoms with Crippen LogP contribution < -0.4 is 0 Å². The highest BCUT2D eigenvalue weighted by Crippen LogP contribution is 2.57. The van der Waals surface area contributed by atoms with Crippen LogP contribution in [0.4, 0.5) is 13.2 Å². The first kappa shape index (κ1) is 28.0. The molecule has 252 valence electrons. The lowest BCUT2D eigenvalue weighted by molar-refractivity contribution is 0.544. The first-order valence-electron chi connectivity index (χ1n) is 19.1. The van der Waals surface area contributed by atoms with E-state index >= 15 is 13.2 Å². The van der Waals surface area contributed by atoms with Crippen LogP contribution in [-0.2, 0) is 0 Å². The van der Waals surface area contributed by atoms with Crippen LogP contribution in [0.2, 0.25) is 0 Å². The summed E-state index contributed by atoms with van der Waals surface area (Å²) in [6.07, 6.45) is 25.1. The van der Waals surface area contributed by atoms with E-state index in [1.165, 1.54) is 0 Å². The van der Waals surface area contributed by atoms with E-state index in [0.717, 1.165) is 107 Å². The third-order valence-corrected chi connectivity index (χ3v) is 14.2. The molecule has 2 N–H and O–H groups in total. The Morgan fingerprint density at radius 1 is 0.392 bits per heavy atom. The summed E-state index contributed by atoms with van der Waals surface area (Å²) in [5, 5.41) is 0. The van der Waals surface area contributed by atoms with Crippen LogP contribution in [-0.4, -0.2) is 19.9 Å². The van der Waals surface area contributed by atoms with Crippen molar-refractivity contribution in [3.05, 3.63) is 117 Å². The molecule has 0 radical (unpaired) electrons. The van der Waals surface area contributed by atoms with E-state index in [-0.39, 0.29) is 70.1 Å². The lowest BCUT2D eigenvalue weighted by atomic mass is 9.69. The lowest BCUT2D eigenvalue weighted by Crippen LogP contribution is -2.20. The van der Waals surface area contributed by atoms with E-state index in [4.69, 9.17) is 9.97 Å². The van der Waals surface area contributed by atoms with Gasteiger partial charge in [-0.3, -0.25) is 0 Å². The van der Waals surface area contributed by atoms with E-state index in [0.29, 0.717) is 11.0 Å². The number of fused-ring (bicyclic) bond motifs is 12. The smallest absolute Gasteiger partial charge is 0.175 e. The maximum Gasteiger partial charge on any atom is 0.175 e. The normalized spacial score (nSPS) is 32.3. The van der Waals surface area contributed by atoms with Crippen LogP contribution >= 0.6 is 0 Å². The van der Waals surface area contributed by atoms with Gasteiger partial charge in [0.2, 0.25) is 0 Å². The maximum absolute atomic E-state index is 17.7.